The van der Waals surface area contributed by atoms with Crippen LogP contribution in [0.2, 0.25) is 0 Å². The highest BCUT2D eigenvalue weighted by molar-refractivity contribution is 5.95. The Morgan fingerprint density at radius 2 is 2.09 bits per heavy atom. The molecular formula is C18H25FN2O2. The summed E-state index contributed by atoms with van der Waals surface area (Å²) in [5.74, 6) is -0.722. The molecule has 1 unspecified atom stereocenters. The molecule has 1 aromatic rings. The van der Waals surface area contributed by atoms with E-state index in [1.807, 2.05) is 0 Å². The molecule has 1 atom stereocenters. The number of ether oxygens (including phenoxy) is 1. The summed E-state index contributed by atoms with van der Waals surface area (Å²) < 4.78 is 19.7. The van der Waals surface area contributed by atoms with Crippen molar-refractivity contribution in [2.24, 2.45) is 5.73 Å². The molecule has 1 aliphatic carbocycles. The van der Waals surface area contributed by atoms with Gasteiger partial charge in [-0.25, -0.2) is 4.39 Å². The molecule has 0 saturated heterocycles. The molecule has 1 aromatic carbocycles. The van der Waals surface area contributed by atoms with Crippen molar-refractivity contribution in [3.8, 4) is 5.75 Å². The van der Waals surface area contributed by atoms with E-state index >= 15 is 0 Å². The van der Waals surface area contributed by atoms with Crippen LogP contribution in [0.15, 0.2) is 12.1 Å². The Morgan fingerprint density at radius 1 is 1.35 bits per heavy atom. The first-order chi connectivity index (χ1) is 11.1. The van der Waals surface area contributed by atoms with Crippen LogP contribution in [0.4, 0.5) is 4.39 Å². The lowest BCUT2D eigenvalue weighted by atomic mass is 9.94. The fourth-order valence-electron chi connectivity index (χ4n) is 4.03. The molecule has 1 heterocycles. The Bertz CT molecular complexity index is 585. The largest absolute Gasteiger partial charge is 0.489 e. The number of nitrogens with two attached hydrogens (primary N) is 1. The van der Waals surface area contributed by atoms with Crippen LogP contribution >= 0.6 is 0 Å². The molecule has 5 heteroatoms. The topological polar surface area (TPSA) is 55.6 Å². The second kappa shape index (κ2) is 6.87. The summed E-state index contributed by atoms with van der Waals surface area (Å²) in [6, 6.07) is 3.50. The zero-order valence-corrected chi connectivity index (χ0v) is 13.7. The van der Waals surface area contributed by atoms with E-state index < -0.39 is 11.7 Å². The third-order valence-electron chi connectivity index (χ3n) is 5.08. The molecule has 0 aromatic heterocycles. The van der Waals surface area contributed by atoms with Crippen LogP contribution in [0.1, 0.15) is 54.9 Å². The molecule has 126 valence electrons. The number of halogens is 1. The van der Waals surface area contributed by atoms with Crippen LogP contribution in [-0.4, -0.2) is 36.0 Å². The van der Waals surface area contributed by atoms with Crippen molar-refractivity contribution in [3.05, 3.63) is 29.1 Å². The van der Waals surface area contributed by atoms with E-state index in [1.54, 1.807) is 0 Å². The average molecular weight is 320 g/mol. The summed E-state index contributed by atoms with van der Waals surface area (Å²) in [5, 5.41) is 0. The van der Waals surface area contributed by atoms with Gasteiger partial charge in [0.15, 0.2) is 11.6 Å². The minimum atomic E-state index is -0.520. The monoisotopic (exact) mass is 320 g/mol. The van der Waals surface area contributed by atoms with Gasteiger partial charge in [0.1, 0.15) is 6.61 Å². The number of amides is 1. The molecule has 1 amide bonds. The van der Waals surface area contributed by atoms with Crippen LogP contribution in [0.5, 0.6) is 5.75 Å². The zero-order valence-electron chi connectivity index (χ0n) is 13.7. The number of carbonyl (C=O) groups excluding carboxylic acids is 1. The van der Waals surface area contributed by atoms with Crippen molar-refractivity contribution >= 4 is 5.91 Å². The highest BCUT2D eigenvalue weighted by Crippen LogP contribution is 2.34. The van der Waals surface area contributed by atoms with Crippen LogP contribution in [0.3, 0.4) is 0 Å². The van der Waals surface area contributed by atoms with Gasteiger partial charge in [-0.1, -0.05) is 19.8 Å². The molecule has 0 bridgehead atoms. The first-order valence-corrected chi connectivity index (χ1v) is 8.61. The van der Waals surface area contributed by atoms with Crippen molar-refractivity contribution in [1.82, 2.24) is 4.90 Å². The zero-order chi connectivity index (χ0) is 16.4. The smallest absolute Gasteiger partial charge is 0.249 e. The Hall–Kier alpha value is -1.62. The van der Waals surface area contributed by atoms with Gasteiger partial charge < -0.3 is 10.5 Å². The molecular weight excluding hydrogens is 295 g/mol. The molecule has 1 aliphatic heterocycles. The minimum absolute atomic E-state index is 0.186. The van der Waals surface area contributed by atoms with Gasteiger partial charge in [0, 0.05) is 23.2 Å². The fraction of sp³-hybridized carbons (Fsp3) is 0.611. The van der Waals surface area contributed by atoms with Gasteiger partial charge in [-0.15, -0.1) is 0 Å². The summed E-state index contributed by atoms with van der Waals surface area (Å²) in [6.07, 6.45) is 6.68. The third kappa shape index (κ3) is 3.20. The second-order valence-electron chi connectivity index (χ2n) is 6.61. The van der Waals surface area contributed by atoms with Crippen LogP contribution in [-0.2, 0) is 6.42 Å². The van der Waals surface area contributed by atoms with Crippen LogP contribution < -0.4 is 10.5 Å². The van der Waals surface area contributed by atoms with E-state index in [-0.39, 0.29) is 11.8 Å². The van der Waals surface area contributed by atoms with Crippen molar-refractivity contribution in [3.63, 3.8) is 0 Å². The van der Waals surface area contributed by atoms with Gasteiger partial charge in [0.2, 0.25) is 5.91 Å². The van der Waals surface area contributed by atoms with Crippen molar-refractivity contribution < 1.29 is 13.9 Å². The Labute approximate surface area is 136 Å². The lowest BCUT2D eigenvalue weighted by Crippen LogP contribution is -2.48. The molecule has 2 aliphatic rings. The summed E-state index contributed by atoms with van der Waals surface area (Å²) >= 11 is 0. The van der Waals surface area contributed by atoms with Crippen LogP contribution in [0.25, 0.3) is 0 Å². The van der Waals surface area contributed by atoms with Crippen LogP contribution in [0, 0.1) is 5.82 Å². The third-order valence-corrected chi connectivity index (χ3v) is 5.08. The fourth-order valence-corrected chi connectivity index (χ4v) is 4.03. The van der Waals surface area contributed by atoms with Crippen molar-refractivity contribution in [2.45, 2.75) is 57.5 Å². The van der Waals surface area contributed by atoms with E-state index in [0.717, 1.165) is 13.0 Å². The maximum Gasteiger partial charge on any atom is 0.249 e. The standard InChI is InChI=1S/C18H25FN2O2/c1-2-9-21(12-5-3-4-6-12)13-10-15-14(18(20)22)7-8-16(19)17(15)23-11-13/h7-8,12-13H,2-6,9-11H2,1H3,(H2,20,22). The maximum atomic E-state index is 14.0. The number of carbonyl (C=O) groups is 1. The molecule has 0 spiro atoms. The maximum absolute atomic E-state index is 14.0. The van der Waals surface area contributed by atoms with E-state index in [4.69, 9.17) is 10.5 Å². The predicted molar refractivity (Wildman–Crippen MR) is 87.2 cm³/mol. The lowest BCUT2D eigenvalue weighted by molar-refractivity contribution is 0.0784. The number of rotatable bonds is 5. The summed E-state index contributed by atoms with van der Waals surface area (Å²) in [7, 11) is 0. The van der Waals surface area contributed by atoms with Gasteiger partial charge in [-0.2, -0.15) is 0 Å². The average Bonchev–Trinajstić information content (AvgIpc) is 3.06. The summed E-state index contributed by atoms with van der Waals surface area (Å²) in [6.45, 7) is 3.66. The highest BCUT2D eigenvalue weighted by Gasteiger charge is 2.34. The van der Waals surface area contributed by atoms with E-state index in [9.17, 15) is 9.18 Å². The van der Waals surface area contributed by atoms with Gasteiger partial charge >= 0.3 is 0 Å². The number of nitrogens with zero attached hydrogens (tertiary/aromatic N) is 1. The van der Waals surface area contributed by atoms with Gasteiger partial charge in [0.05, 0.1) is 0 Å². The lowest BCUT2D eigenvalue weighted by Gasteiger charge is -2.39. The first kappa shape index (κ1) is 16.2. The molecule has 23 heavy (non-hydrogen) atoms. The number of hydrogen-bond donors (Lipinski definition) is 1. The number of benzene rings is 1. The SMILES string of the molecule is CCCN(C1CCCC1)C1COc2c(F)ccc(C(N)=O)c2C1. The molecule has 4 nitrogen and oxygen atoms in total. The quantitative estimate of drug-likeness (QED) is 0.907. The second-order valence-corrected chi connectivity index (χ2v) is 6.61. The van der Waals surface area contributed by atoms with E-state index in [0.29, 0.717) is 30.2 Å². The summed E-state index contributed by atoms with van der Waals surface area (Å²) in [5.41, 5.74) is 6.48. The first-order valence-electron chi connectivity index (χ1n) is 8.61. The van der Waals surface area contributed by atoms with Gasteiger partial charge in [-0.3, -0.25) is 9.69 Å². The van der Waals surface area contributed by atoms with Gasteiger partial charge in [0.25, 0.3) is 0 Å². The predicted octanol–water partition coefficient (Wildman–Crippen LogP) is 2.88. The highest BCUT2D eigenvalue weighted by atomic mass is 19.1. The minimum Gasteiger partial charge on any atom is -0.489 e. The molecule has 1 fully saturated rings. The number of fused-ring (bicyclic) bond motifs is 1. The normalized spacial score (nSPS) is 21.3. The van der Waals surface area contributed by atoms with Crippen molar-refractivity contribution in [1.29, 1.82) is 0 Å². The Kier molecular flexibility index (Phi) is 4.85. The number of hydrogen-bond acceptors (Lipinski definition) is 3. The van der Waals surface area contributed by atoms with E-state index in [2.05, 4.69) is 11.8 Å². The molecule has 3 rings (SSSR count). The molecule has 2 N–H and O–H groups in total. The molecule has 1 saturated carbocycles. The van der Waals surface area contributed by atoms with Crippen molar-refractivity contribution in [2.75, 3.05) is 13.2 Å². The number of primary amides is 1. The summed E-state index contributed by atoms with van der Waals surface area (Å²) in [4.78, 5) is 14.2. The van der Waals surface area contributed by atoms with Gasteiger partial charge in [-0.05, 0) is 44.4 Å². The Balaban J connectivity index is 1.88. The molecule has 0 radical (unpaired) electrons. The van der Waals surface area contributed by atoms with E-state index in [1.165, 1.54) is 37.8 Å². The Morgan fingerprint density at radius 3 is 2.74 bits per heavy atom.